The first-order chi connectivity index (χ1) is 13.9. The quantitative estimate of drug-likeness (QED) is 0.515. The van der Waals surface area contributed by atoms with Gasteiger partial charge >= 0.3 is 0 Å². The first-order valence-corrected chi connectivity index (χ1v) is 10.5. The molecule has 0 aliphatic rings. The number of fused-ring (bicyclic) bond motifs is 1. The summed E-state index contributed by atoms with van der Waals surface area (Å²) in [5.41, 5.74) is 2.84. The van der Waals surface area contributed by atoms with Gasteiger partial charge in [-0.25, -0.2) is 18.4 Å². The molecule has 0 atom stereocenters. The number of rotatable bonds is 5. The van der Waals surface area contributed by atoms with Crippen LogP contribution in [0.5, 0.6) is 5.75 Å². The molecule has 2 aromatic carbocycles. The summed E-state index contributed by atoms with van der Waals surface area (Å²) in [7, 11) is -2.35. The summed E-state index contributed by atoms with van der Waals surface area (Å²) in [5.74, 6) is 0.988. The molecule has 0 saturated carbocycles. The molecule has 0 fully saturated rings. The number of methoxy groups -OCH3 is 1. The van der Waals surface area contributed by atoms with Gasteiger partial charge in [0.2, 0.25) is 5.78 Å². The maximum atomic E-state index is 12.8. The van der Waals surface area contributed by atoms with Gasteiger partial charge in [-0.05, 0) is 43.3 Å². The van der Waals surface area contributed by atoms with Gasteiger partial charge in [-0.1, -0.05) is 23.7 Å². The molecule has 29 heavy (non-hydrogen) atoms. The number of aromatic nitrogens is 3. The Morgan fingerprint density at radius 3 is 2.69 bits per heavy atom. The van der Waals surface area contributed by atoms with Gasteiger partial charge in [-0.15, -0.1) is 0 Å². The van der Waals surface area contributed by atoms with Gasteiger partial charge in [-0.2, -0.15) is 0 Å². The number of halogens is 1. The zero-order valence-corrected chi connectivity index (χ0v) is 17.2. The summed E-state index contributed by atoms with van der Waals surface area (Å²) < 4.78 is 35.1. The molecule has 4 aromatic rings. The van der Waals surface area contributed by atoms with E-state index in [0.29, 0.717) is 17.2 Å². The summed E-state index contributed by atoms with van der Waals surface area (Å²) in [4.78, 5) is 8.85. The van der Waals surface area contributed by atoms with Gasteiger partial charge in [0.25, 0.3) is 10.0 Å². The van der Waals surface area contributed by atoms with Gasteiger partial charge in [0, 0.05) is 29.3 Å². The first kappa shape index (κ1) is 19.2. The molecule has 4 rings (SSSR count). The van der Waals surface area contributed by atoms with Crippen molar-refractivity contribution < 1.29 is 13.2 Å². The first-order valence-electron chi connectivity index (χ1n) is 8.65. The number of hydrogen-bond donors (Lipinski definition) is 1. The van der Waals surface area contributed by atoms with Crippen molar-refractivity contribution in [3.05, 3.63) is 71.6 Å². The van der Waals surface area contributed by atoms with Crippen LogP contribution in [0.1, 0.15) is 5.69 Å². The highest BCUT2D eigenvalue weighted by molar-refractivity contribution is 7.92. The number of benzene rings is 2. The number of nitrogens with one attached hydrogen (secondary N) is 1. The Morgan fingerprint density at radius 1 is 1.14 bits per heavy atom. The molecule has 1 N–H and O–H groups in total. The lowest BCUT2D eigenvalue weighted by atomic mass is 10.1. The second-order valence-corrected chi connectivity index (χ2v) is 8.41. The number of hydrogen-bond acceptors (Lipinski definition) is 5. The van der Waals surface area contributed by atoms with Gasteiger partial charge < -0.3 is 4.74 Å². The minimum Gasteiger partial charge on any atom is -0.495 e. The molecule has 0 aliphatic carbocycles. The van der Waals surface area contributed by atoms with E-state index in [1.807, 2.05) is 29.7 Å². The lowest BCUT2D eigenvalue weighted by Gasteiger charge is -2.11. The van der Waals surface area contributed by atoms with Gasteiger partial charge in [0.1, 0.15) is 5.75 Å². The van der Waals surface area contributed by atoms with E-state index >= 15 is 0 Å². The van der Waals surface area contributed by atoms with Crippen LogP contribution in [0.4, 0.5) is 5.69 Å². The number of nitrogens with zero attached hydrogens (tertiary/aromatic N) is 3. The van der Waals surface area contributed by atoms with Crippen molar-refractivity contribution in [2.75, 3.05) is 11.8 Å². The standard InChI is InChI=1S/C20H17ClN4O3S/c1-13-19(23-20-22-9-4-10-25(13)20)14-5-3-6-15(11-14)24-29(26,27)16-7-8-18(28-2)17(21)12-16/h3-12,24H,1-2H3. The Bertz CT molecular complexity index is 1320. The molecule has 0 radical (unpaired) electrons. The van der Waals surface area contributed by atoms with Crippen LogP contribution in [-0.2, 0) is 10.0 Å². The van der Waals surface area contributed by atoms with Crippen molar-refractivity contribution in [3.63, 3.8) is 0 Å². The molecule has 0 bridgehead atoms. The van der Waals surface area contributed by atoms with E-state index in [1.165, 1.54) is 25.3 Å². The number of imidazole rings is 1. The fraction of sp³-hybridized carbons (Fsp3) is 0.100. The zero-order chi connectivity index (χ0) is 20.6. The van der Waals surface area contributed by atoms with Crippen molar-refractivity contribution in [3.8, 4) is 17.0 Å². The molecule has 0 saturated heterocycles. The Labute approximate surface area is 173 Å². The molecule has 148 valence electrons. The molecule has 0 amide bonds. The van der Waals surface area contributed by atoms with E-state index < -0.39 is 10.0 Å². The van der Waals surface area contributed by atoms with Crippen LogP contribution in [0.3, 0.4) is 0 Å². The summed E-state index contributed by atoms with van der Waals surface area (Å²) in [5, 5.41) is 0.219. The molecule has 0 unspecified atom stereocenters. The summed E-state index contributed by atoms with van der Waals surface area (Å²) in [6.45, 7) is 1.94. The van der Waals surface area contributed by atoms with Crippen LogP contribution in [0.2, 0.25) is 5.02 Å². The molecule has 9 heteroatoms. The van der Waals surface area contributed by atoms with E-state index in [0.717, 1.165) is 17.0 Å². The van der Waals surface area contributed by atoms with Crippen LogP contribution in [0.15, 0.2) is 65.8 Å². The van der Waals surface area contributed by atoms with E-state index in [9.17, 15) is 8.42 Å². The number of anilines is 1. The third-order valence-corrected chi connectivity index (χ3v) is 6.14. The largest absolute Gasteiger partial charge is 0.495 e. The lowest BCUT2D eigenvalue weighted by molar-refractivity contribution is 0.414. The molecular weight excluding hydrogens is 412 g/mol. The van der Waals surface area contributed by atoms with Gasteiger partial charge in [-0.3, -0.25) is 9.12 Å². The van der Waals surface area contributed by atoms with Crippen molar-refractivity contribution in [2.24, 2.45) is 0 Å². The summed E-state index contributed by atoms with van der Waals surface area (Å²) in [6.07, 6.45) is 3.56. The topological polar surface area (TPSA) is 85.6 Å². The highest BCUT2D eigenvalue weighted by Crippen LogP contribution is 2.29. The average molecular weight is 429 g/mol. The lowest BCUT2D eigenvalue weighted by Crippen LogP contribution is -2.13. The number of sulfonamides is 1. The van der Waals surface area contributed by atoms with Gasteiger partial charge in [0.15, 0.2) is 0 Å². The Hall–Kier alpha value is -3.10. The Kier molecular flexibility index (Phi) is 4.89. The van der Waals surface area contributed by atoms with E-state index in [-0.39, 0.29) is 9.92 Å². The smallest absolute Gasteiger partial charge is 0.261 e. The average Bonchev–Trinajstić information content (AvgIpc) is 3.05. The maximum absolute atomic E-state index is 12.8. The Balaban J connectivity index is 1.68. The number of ether oxygens (including phenoxy) is 1. The van der Waals surface area contributed by atoms with Gasteiger partial charge in [0.05, 0.1) is 22.7 Å². The molecule has 2 aromatic heterocycles. The fourth-order valence-corrected chi connectivity index (χ4v) is 4.43. The molecule has 0 aliphatic heterocycles. The molecule has 7 nitrogen and oxygen atoms in total. The minimum absolute atomic E-state index is 0.0433. The predicted molar refractivity (Wildman–Crippen MR) is 112 cm³/mol. The monoisotopic (exact) mass is 428 g/mol. The molecular formula is C20H17ClN4O3S. The van der Waals surface area contributed by atoms with E-state index in [2.05, 4.69) is 14.7 Å². The summed E-state index contributed by atoms with van der Waals surface area (Å²) in [6, 6.07) is 13.2. The van der Waals surface area contributed by atoms with Crippen LogP contribution in [-0.4, -0.2) is 29.9 Å². The molecule has 2 heterocycles. The van der Waals surface area contributed by atoms with Crippen molar-refractivity contribution in [1.82, 2.24) is 14.4 Å². The second-order valence-electron chi connectivity index (χ2n) is 6.32. The van der Waals surface area contributed by atoms with Crippen molar-refractivity contribution in [2.45, 2.75) is 11.8 Å². The predicted octanol–water partition coefficient (Wildman–Crippen LogP) is 4.17. The van der Waals surface area contributed by atoms with E-state index in [4.69, 9.17) is 16.3 Å². The van der Waals surface area contributed by atoms with Crippen LogP contribution < -0.4 is 9.46 Å². The molecule has 0 spiro atoms. The van der Waals surface area contributed by atoms with Crippen molar-refractivity contribution in [1.29, 1.82) is 0 Å². The second kappa shape index (κ2) is 7.38. The third kappa shape index (κ3) is 3.64. The van der Waals surface area contributed by atoms with Crippen LogP contribution >= 0.6 is 11.6 Å². The minimum atomic E-state index is -3.82. The van der Waals surface area contributed by atoms with Crippen LogP contribution in [0, 0.1) is 6.92 Å². The number of aryl methyl sites for hydroxylation is 1. The Morgan fingerprint density at radius 2 is 1.97 bits per heavy atom. The SMILES string of the molecule is COc1ccc(S(=O)(=O)Nc2cccc(-c3nc4ncccn4c3C)c2)cc1Cl. The normalized spacial score (nSPS) is 11.6. The summed E-state index contributed by atoms with van der Waals surface area (Å²) >= 11 is 6.07. The highest BCUT2D eigenvalue weighted by Gasteiger charge is 2.17. The van der Waals surface area contributed by atoms with Crippen LogP contribution in [0.25, 0.3) is 17.0 Å². The zero-order valence-electron chi connectivity index (χ0n) is 15.6. The maximum Gasteiger partial charge on any atom is 0.261 e. The highest BCUT2D eigenvalue weighted by atomic mass is 35.5. The van der Waals surface area contributed by atoms with E-state index in [1.54, 1.807) is 24.4 Å². The van der Waals surface area contributed by atoms with Crippen molar-refractivity contribution >= 4 is 33.1 Å². The fourth-order valence-electron chi connectivity index (χ4n) is 3.03. The third-order valence-electron chi connectivity index (χ3n) is 4.46.